The topological polar surface area (TPSA) is 113 Å². The number of carbonyl (C=O) groups is 2. The molecule has 26 heavy (non-hydrogen) atoms. The van der Waals surface area contributed by atoms with Crippen molar-refractivity contribution in [2.24, 2.45) is 0 Å². The highest BCUT2D eigenvalue weighted by Crippen LogP contribution is 2.24. The molecule has 0 saturated heterocycles. The number of para-hydroxylation sites is 2. The minimum absolute atomic E-state index is 0.00411. The summed E-state index contributed by atoms with van der Waals surface area (Å²) in [6, 6.07) is 11.5. The number of aryl methyl sites for hydroxylation is 1. The molecule has 8 nitrogen and oxygen atoms in total. The van der Waals surface area contributed by atoms with Gasteiger partial charge in [-0.1, -0.05) is 12.1 Å². The van der Waals surface area contributed by atoms with Crippen LogP contribution in [0.2, 0.25) is 0 Å². The van der Waals surface area contributed by atoms with E-state index in [0.717, 1.165) is 11.3 Å². The van der Waals surface area contributed by atoms with Crippen LogP contribution in [0.5, 0.6) is 0 Å². The molecule has 134 valence electrons. The minimum Gasteiger partial charge on any atom is -0.378 e. The van der Waals surface area contributed by atoms with Gasteiger partial charge >= 0.3 is 0 Å². The van der Waals surface area contributed by atoms with Crippen LogP contribution in [0.15, 0.2) is 42.5 Å². The summed E-state index contributed by atoms with van der Waals surface area (Å²) >= 11 is 0. The normalized spacial score (nSPS) is 12.7. The van der Waals surface area contributed by atoms with Gasteiger partial charge in [-0.15, -0.1) is 0 Å². The third-order valence-electron chi connectivity index (χ3n) is 4.09. The maximum Gasteiger partial charge on any atom is 0.292 e. The van der Waals surface area contributed by atoms with Gasteiger partial charge in [0, 0.05) is 36.8 Å². The van der Waals surface area contributed by atoms with E-state index in [9.17, 15) is 19.7 Å². The van der Waals surface area contributed by atoms with Crippen LogP contribution in [0.3, 0.4) is 0 Å². The number of fused-ring (bicyclic) bond motifs is 1. The Kier molecular flexibility index (Phi) is 5.12. The second kappa shape index (κ2) is 7.64. The monoisotopic (exact) mass is 354 g/mol. The Balaban J connectivity index is 1.54. The van der Waals surface area contributed by atoms with Gasteiger partial charge < -0.3 is 16.0 Å². The summed E-state index contributed by atoms with van der Waals surface area (Å²) in [6.07, 6.45) is 1.03. The van der Waals surface area contributed by atoms with E-state index in [1.807, 2.05) is 0 Å². The molecule has 2 aromatic carbocycles. The van der Waals surface area contributed by atoms with Gasteiger partial charge in [-0.2, -0.15) is 0 Å². The highest BCUT2D eigenvalue weighted by atomic mass is 16.6. The van der Waals surface area contributed by atoms with Gasteiger partial charge in [0.05, 0.1) is 4.92 Å². The predicted molar refractivity (Wildman–Crippen MR) is 97.3 cm³/mol. The van der Waals surface area contributed by atoms with E-state index in [1.165, 1.54) is 6.07 Å². The zero-order valence-corrected chi connectivity index (χ0v) is 14.0. The summed E-state index contributed by atoms with van der Waals surface area (Å²) in [5.74, 6) is -0.246. The number of hydrogen-bond acceptors (Lipinski definition) is 5. The number of nitro groups is 1. The molecule has 1 heterocycles. The van der Waals surface area contributed by atoms with Crippen LogP contribution in [0.1, 0.15) is 22.3 Å². The molecule has 2 amide bonds. The summed E-state index contributed by atoms with van der Waals surface area (Å²) in [7, 11) is 0. The van der Waals surface area contributed by atoms with Crippen molar-refractivity contribution >= 4 is 28.9 Å². The second-order valence-corrected chi connectivity index (χ2v) is 5.88. The molecule has 0 radical (unpaired) electrons. The van der Waals surface area contributed by atoms with E-state index in [1.54, 1.807) is 36.4 Å². The standard InChI is InChI=1S/C18H18N4O4/c23-17-8-6-12-11-13(5-7-14(12)21-17)18(24)20-10-9-19-15-3-1-2-4-16(15)22(25)26/h1-5,7,11,19H,6,8-10H2,(H,20,24)(H,21,23). The number of amides is 2. The number of nitrogens with one attached hydrogen (secondary N) is 3. The fourth-order valence-electron chi connectivity index (χ4n) is 2.78. The van der Waals surface area contributed by atoms with Crippen molar-refractivity contribution in [3.63, 3.8) is 0 Å². The molecule has 0 aromatic heterocycles. The van der Waals surface area contributed by atoms with Crippen molar-refractivity contribution < 1.29 is 14.5 Å². The molecule has 0 saturated carbocycles. The van der Waals surface area contributed by atoms with Crippen molar-refractivity contribution in [2.45, 2.75) is 12.8 Å². The average Bonchev–Trinajstić information content (AvgIpc) is 2.64. The Morgan fingerprint density at radius 1 is 1.15 bits per heavy atom. The molecule has 0 fully saturated rings. The van der Waals surface area contributed by atoms with Gasteiger partial charge in [0.25, 0.3) is 11.6 Å². The number of nitro benzene ring substituents is 1. The molecule has 3 rings (SSSR count). The molecule has 3 N–H and O–H groups in total. The predicted octanol–water partition coefficient (Wildman–Crippen LogP) is 2.32. The number of rotatable bonds is 6. The molecule has 0 bridgehead atoms. The van der Waals surface area contributed by atoms with Crippen LogP contribution in [0.25, 0.3) is 0 Å². The number of nitrogens with zero attached hydrogens (tertiary/aromatic N) is 1. The van der Waals surface area contributed by atoms with Gasteiger partial charge in [-0.3, -0.25) is 19.7 Å². The fraction of sp³-hybridized carbons (Fsp3) is 0.222. The Labute approximate surface area is 149 Å². The lowest BCUT2D eigenvalue weighted by atomic mass is 10.00. The van der Waals surface area contributed by atoms with E-state index >= 15 is 0 Å². The molecule has 0 unspecified atom stereocenters. The lowest BCUT2D eigenvalue weighted by Crippen LogP contribution is -2.29. The van der Waals surface area contributed by atoms with Gasteiger partial charge in [-0.05, 0) is 36.2 Å². The molecule has 1 aliphatic rings. The molecule has 0 spiro atoms. The summed E-state index contributed by atoms with van der Waals surface area (Å²) < 4.78 is 0. The Bertz CT molecular complexity index is 866. The second-order valence-electron chi connectivity index (χ2n) is 5.88. The summed E-state index contributed by atoms with van der Waals surface area (Å²) in [5, 5.41) is 19.5. The van der Waals surface area contributed by atoms with Crippen molar-refractivity contribution in [2.75, 3.05) is 23.7 Å². The quantitative estimate of drug-likeness (QED) is 0.418. The van der Waals surface area contributed by atoms with Crippen LogP contribution in [0, 0.1) is 10.1 Å². The maximum atomic E-state index is 12.2. The van der Waals surface area contributed by atoms with Gasteiger partial charge in [0.15, 0.2) is 0 Å². The number of anilines is 2. The fourth-order valence-corrected chi connectivity index (χ4v) is 2.78. The average molecular weight is 354 g/mol. The highest BCUT2D eigenvalue weighted by Gasteiger charge is 2.16. The van der Waals surface area contributed by atoms with Crippen molar-refractivity contribution in [1.82, 2.24) is 5.32 Å². The van der Waals surface area contributed by atoms with Crippen molar-refractivity contribution in [3.05, 3.63) is 63.7 Å². The van der Waals surface area contributed by atoms with E-state index in [-0.39, 0.29) is 17.5 Å². The van der Waals surface area contributed by atoms with Crippen molar-refractivity contribution in [3.8, 4) is 0 Å². The van der Waals surface area contributed by atoms with Crippen LogP contribution in [-0.4, -0.2) is 29.8 Å². The number of benzene rings is 2. The maximum absolute atomic E-state index is 12.2. The molecule has 8 heteroatoms. The van der Waals surface area contributed by atoms with Crippen molar-refractivity contribution in [1.29, 1.82) is 0 Å². The molecule has 0 aliphatic carbocycles. The smallest absolute Gasteiger partial charge is 0.292 e. The zero-order valence-electron chi connectivity index (χ0n) is 14.0. The van der Waals surface area contributed by atoms with Gasteiger partial charge in [0.1, 0.15) is 5.69 Å². The molecular formula is C18H18N4O4. The first-order valence-corrected chi connectivity index (χ1v) is 8.23. The van der Waals surface area contributed by atoms with E-state index < -0.39 is 4.92 Å². The van der Waals surface area contributed by atoms with Crippen LogP contribution >= 0.6 is 0 Å². The SMILES string of the molecule is O=C1CCc2cc(C(=O)NCCNc3ccccc3[N+](=O)[O-])ccc2N1. The Morgan fingerprint density at radius 3 is 2.77 bits per heavy atom. The Hall–Kier alpha value is -3.42. The number of carbonyl (C=O) groups excluding carboxylic acids is 2. The van der Waals surface area contributed by atoms with Crippen LogP contribution < -0.4 is 16.0 Å². The first-order valence-electron chi connectivity index (χ1n) is 8.23. The summed E-state index contributed by atoms with van der Waals surface area (Å²) in [4.78, 5) is 34.1. The molecule has 1 aliphatic heterocycles. The summed E-state index contributed by atoms with van der Waals surface area (Å²) in [6.45, 7) is 0.677. The first kappa shape index (κ1) is 17.4. The lowest BCUT2D eigenvalue weighted by molar-refractivity contribution is -0.384. The molecule has 0 atom stereocenters. The Morgan fingerprint density at radius 2 is 1.96 bits per heavy atom. The van der Waals surface area contributed by atoms with Crippen LogP contribution in [0.4, 0.5) is 17.1 Å². The largest absolute Gasteiger partial charge is 0.378 e. The first-order chi connectivity index (χ1) is 12.5. The van der Waals surface area contributed by atoms with E-state index in [2.05, 4.69) is 16.0 Å². The third kappa shape index (κ3) is 3.97. The molecular weight excluding hydrogens is 336 g/mol. The summed E-state index contributed by atoms with van der Waals surface area (Å²) in [5.41, 5.74) is 2.61. The van der Waals surface area contributed by atoms with E-state index in [0.29, 0.717) is 37.2 Å². The molecule has 2 aromatic rings. The van der Waals surface area contributed by atoms with Gasteiger partial charge in [-0.25, -0.2) is 0 Å². The van der Waals surface area contributed by atoms with E-state index in [4.69, 9.17) is 0 Å². The van der Waals surface area contributed by atoms with Crippen LogP contribution in [-0.2, 0) is 11.2 Å². The third-order valence-corrected chi connectivity index (χ3v) is 4.09. The van der Waals surface area contributed by atoms with Gasteiger partial charge in [0.2, 0.25) is 5.91 Å². The lowest BCUT2D eigenvalue weighted by Gasteiger charge is -2.17. The zero-order chi connectivity index (χ0) is 18.5. The number of hydrogen-bond donors (Lipinski definition) is 3. The minimum atomic E-state index is -0.452. The highest BCUT2D eigenvalue weighted by molar-refractivity contribution is 5.97.